The number of halogens is 3. The third kappa shape index (κ3) is 2.56. The van der Waals surface area contributed by atoms with E-state index >= 15 is 0 Å². The van der Waals surface area contributed by atoms with Crippen molar-refractivity contribution in [1.82, 2.24) is 14.9 Å². The lowest BCUT2D eigenvalue weighted by Crippen LogP contribution is -2.44. The van der Waals surface area contributed by atoms with Gasteiger partial charge >= 0.3 is 5.97 Å². The minimum Gasteiger partial charge on any atom is -0.425 e. The van der Waals surface area contributed by atoms with Crippen LogP contribution in [0.4, 0.5) is 0 Å². The number of aromatic nitrogens is 2. The molecular weight excluding hydrogens is 582 g/mol. The van der Waals surface area contributed by atoms with Crippen molar-refractivity contribution in [3.05, 3.63) is 85.4 Å². The van der Waals surface area contributed by atoms with Crippen molar-refractivity contribution in [2.75, 3.05) is 13.6 Å². The summed E-state index contributed by atoms with van der Waals surface area (Å²) < 4.78 is 7.52. The average molecular weight is 598 g/mol. The Morgan fingerprint density at radius 2 is 1.91 bits per heavy atom. The molecule has 3 heterocycles. The van der Waals surface area contributed by atoms with E-state index in [1.807, 2.05) is 36.4 Å². The summed E-state index contributed by atoms with van der Waals surface area (Å²) >= 11 is 13.6. The number of likely N-dealkylation sites (N-methyl/N-ethyl adjacent to an activating group) is 1. The van der Waals surface area contributed by atoms with Gasteiger partial charge in [0.25, 0.3) is 0 Å². The van der Waals surface area contributed by atoms with E-state index in [0.29, 0.717) is 17.3 Å². The van der Waals surface area contributed by atoms with Crippen molar-refractivity contribution >= 4 is 60.5 Å². The Balaban J connectivity index is 1.62. The molecule has 168 valence electrons. The van der Waals surface area contributed by atoms with Gasteiger partial charge in [-0.15, -0.1) is 0 Å². The summed E-state index contributed by atoms with van der Waals surface area (Å²) in [5.74, 6) is -0.177. The molecular formula is C26H16Br2ClN3O2. The molecule has 1 aromatic heterocycles. The van der Waals surface area contributed by atoms with E-state index in [1.165, 1.54) is 0 Å². The summed E-state index contributed by atoms with van der Waals surface area (Å²) in [5.41, 5.74) is 5.70. The first-order chi connectivity index (χ1) is 16.4. The highest BCUT2D eigenvalue weighted by molar-refractivity contribution is 9.11. The minimum absolute atomic E-state index is 0.198. The van der Waals surface area contributed by atoms with Crippen LogP contribution in [-0.4, -0.2) is 34.4 Å². The van der Waals surface area contributed by atoms with Crippen LogP contribution >= 0.6 is 43.5 Å². The second-order valence-corrected chi connectivity index (χ2v) is 11.3. The Morgan fingerprint density at radius 1 is 1.09 bits per heavy atom. The fourth-order valence-corrected chi connectivity index (χ4v) is 7.66. The summed E-state index contributed by atoms with van der Waals surface area (Å²) in [6.07, 6.45) is 0. The number of carbonyl (C=O) groups is 1. The van der Waals surface area contributed by atoms with Crippen LogP contribution in [-0.2, 0) is 10.3 Å². The van der Waals surface area contributed by atoms with Gasteiger partial charge in [-0.1, -0.05) is 51.8 Å². The van der Waals surface area contributed by atoms with Crippen LogP contribution in [0.1, 0.15) is 22.7 Å². The molecule has 8 heteroatoms. The highest BCUT2D eigenvalue weighted by atomic mass is 79.9. The molecule has 34 heavy (non-hydrogen) atoms. The van der Waals surface area contributed by atoms with Crippen molar-refractivity contribution in [3.8, 4) is 17.0 Å². The molecule has 3 atom stereocenters. The van der Waals surface area contributed by atoms with E-state index in [4.69, 9.17) is 26.3 Å². The lowest BCUT2D eigenvalue weighted by atomic mass is 9.70. The highest BCUT2D eigenvalue weighted by Gasteiger charge is 2.64. The van der Waals surface area contributed by atoms with Gasteiger partial charge in [-0.3, -0.25) is 9.69 Å². The van der Waals surface area contributed by atoms with E-state index in [1.54, 1.807) is 0 Å². The summed E-state index contributed by atoms with van der Waals surface area (Å²) in [6.45, 7) is 0.552. The molecule has 3 aliphatic rings. The molecule has 1 spiro atoms. The van der Waals surface area contributed by atoms with Gasteiger partial charge in [0.05, 0.1) is 38.4 Å². The van der Waals surface area contributed by atoms with E-state index in [9.17, 15) is 4.79 Å². The zero-order valence-electron chi connectivity index (χ0n) is 17.8. The van der Waals surface area contributed by atoms with Crippen molar-refractivity contribution in [2.45, 2.75) is 11.5 Å². The first kappa shape index (κ1) is 21.0. The lowest BCUT2D eigenvalue weighted by molar-refractivity contribution is -0.140. The molecule has 0 bridgehead atoms. The number of likely N-dealkylation sites (tertiary alicyclic amines) is 1. The Labute approximate surface area is 217 Å². The van der Waals surface area contributed by atoms with Crippen molar-refractivity contribution < 1.29 is 9.53 Å². The number of hydrogen-bond donors (Lipinski definition) is 0. The molecule has 1 saturated heterocycles. The molecule has 0 saturated carbocycles. The summed E-state index contributed by atoms with van der Waals surface area (Å²) in [4.78, 5) is 25.8. The van der Waals surface area contributed by atoms with Crippen LogP contribution in [0.5, 0.6) is 5.75 Å². The van der Waals surface area contributed by atoms with Crippen LogP contribution in [0.15, 0.2) is 63.5 Å². The Kier molecular flexibility index (Phi) is 4.39. The largest absolute Gasteiger partial charge is 0.425 e. The second kappa shape index (κ2) is 7.10. The lowest BCUT2D eigenvalue weighted by Gasteiger charge is -2.40. The Hall–Kier alpha value is -2.32. The minimum atomic E-state index is -0.672. The molecule has 1 aliphatic carbocycles. The monoisotopic (exact) mass is 595 g/mol. The topological polar surface area (TPSA) is 55.3 Å². The first-order valence-electron chi connectivity index (χ1n) is 10.9. The number of nitrogens with zero attached hydrogens (tertiary/aromatic N) is 3. The van der Waals surface area contributed by atoms with Gasteiger partial charge in [0, 0.05) is 33.1 Å². The third-order valence-electron chi connectivity index (χ3n) is 7.38. The number of ether oxygens (including phenoxy) is 1. The van der Waals surface area contributed by atoms with Gasteiger partial charge in [0.2, 0.25) is 0 Å². The molecule has 0 radical (unpaired) electrons. The zero-order chi connectivity index (χ0) is 23.4. The third-order valence-corrected chi connectivity index (χ3v) is 8.66. The molecule has 4 aromatic rings. The van der Waals surface area contributed by atoms with E-state index in [0.717, 1.165) is 48.1 Å². The van der Waals surface area contributed by atoms with Crippen LogP contribution in [0.25, 0.3) is 22.3 Å². The second-order valence-electron chi connectivity index (χ2n) is 9.06. The van der Waals surface area contributed by atoms with Gasteiger partial charge in [-0.25, -0.2) is 9.97 Å². The van der Waals surface area contributed by atoms with Crippen molar-refractivity contribution in [1.29, 1.82) is 0 Å². The fourth-order valence-electron chi connectivity index (χ4n) is 6.15. The van der Waals surface area contributed by atoms with Crippen LogP contribution in [0.3, 0.4) is 0 Å². The predicted octanol–water partition coefficient (Wildman–Crippen LogP) is 6.30. The molecule has 0 N–H and O–H groups in total. The van der Waals surface area contributed by atoms with E-state index < -0.39 is 5.54 Å². The van der Waals surface area contributed by atoms with Crippen LogP contribution in [0, 0.1) is 5.92 Å². The molecule has 7 rings (SSSR count). The molecule has 2 aliphatic heterocycles. The van der Waals surface area contributed by atoms with E-state index in [2.05, 4.69) is 62.0 Å². The standard InChI is InChI=1S/C26H16Br2ClN3O2/c1-32-11-16-21(15-8-12(27)9-18(28)23(15)34-25(16)33)26(32)17-5-3-2-4-14(17)22-24(26)31-20-10-13(29)6-7-19(20)30-22/h2-10,16,21H,11H2,1H3. The Morgan fingerprint density at radius 3 is 2.76 bits per heavy atom. The Bertz CT molecular complexity index is 1580. The maximum atomic E-state index is 13.3. The molecule has 3 aromatic carbocycles. The smallest absolute Gasteiger partial charge is 0.316 e. The van der Waals surface area contributed by atoms with Crippen LogP contribution < -0.4 is 4.74 Å². The maximum Gasteiger partial charge on any atom is 0.316 e. The quantitative estimate of drug-likeness (QED) is 0.176. The normalized spacial score (nSPS) is 24.6. The maximum absolute atomic E-state index is 13.3. The molecule has 1 fully saturated rings. The number of carbonyl (C=O) groups excluding carboxylic acids is 1. The average Bonchev–Trinajstić information content (AvgIpc) is 3.28. The number of rotatable bonds is 0. The van der Waals surface area contributed by atoms with Gasteiger partial charge in [-0.05, 0) is 58.9 Å². The number of benzene rings is 3. The SMILES string of the molecule is CN1CC2C(=O)Oc3c(Br)cc(Br)cc3C2C12c1ccccc1-c1nc3ccc(Cl)cc3nc12. The number of fused-ring (bicyclic) bond motifs is 10. The van der Waals surface area contributed by atoms with Crippen LogP contribution in [0.2, 0.25) is 5.02 Å². The van der Waals surface area contributed by atoms with Gasteiger partial charge in [0.1, 0.15) is 5.75 Å². The van der Waals surface area contributed by atoms with Gasteiger partial charge in [0.15, 0.2) is 0 Å². The van der Waals surface area contributed by atoms with Gasteiger partial charge < -0.3 is 4.74 Å². The summed E-state index contributed by atoms with van der Waals surface area (Å²) in [7, 11) is 2.06. The predicted molar refractivity (Wildman–Crippen MR) is 137 cm³/mol. The van der Waals surface area contributed by atoms with Crippen molar-refractivity contribution in [3.63, 3.8) is 0 Å². The fraction of sp³-hybridized carbons (Fsp3) is 0.192. The number of esters is 1. The van der Waals surface area contributed by atoms with E-state index in [-0.39, 0.29) is 17.8 Å². The summed E-state index contributed by atoms with van der Waals surface area (Å²) in [5, 5.41) is 0.614. The highest BCUT2D eigenvalue weighted by Crippen LogP contribution is 2.64. The van der Waals surface area contributed by atoms with Gasteiger partial charge in [-0.2, -0.15) is 0 Å². The zero-order valence-corrected chi connectivity index (χ0v) is 21.8. The molecule has 0 amide bonds. The molecule has 3 unspecified atom stereocenters. The number of hydrogen-bond acceptors (Lipinski definition) is 5. The van der Waals surface area contributed by atoms with Crippen molar-refractivity contribution in [2.24, 2.45) is 5.92 Å². The molecule has 5 nitrogen and oxygen atoms in total. The first-order valence-corrected chi connectivity index (χ1v) is 12.9. The summed E-state index contributed by atoms with van der Waals surface area (Å²) in [6, 6.07) is 17.9.